The Bertz CT molecular complexity index is 380. The summed E-state index contributed by atoms with van der Waals surface area (Å²) in [6, 6.07) is 8.79. The molecule has 2 rings (SSSR count). The van der Waals surface area contributed by atoms with E-state index in [1.807, 2.05) is 6.07 Å². The highest BCUT2D eigenvalue weighted by Crippen LogP contribution is 2.15. The van der Waals surface area contributed by atoms with Gasteiger partial charge in [0.2, 0.25) is 11.6 Å². The molecule has 84 valence electrons. The molecule has 0 saturated carbocycles. The van der Waals surface area contributed by atoms with Crippen molar-refractivity contribution in [1.82, 2.24) is 5.32 Å². The Morgan fingerprint density at radius 3 is 2.31 bits per heavy atom. The number of piperidine rings is 1. The summed E-state index contributed by atoms with van der Waals surface area (Å²) < 4.78 is 0. The fourth-order valence-corrected chi connectivity index (χ4v) is 2.00. The summed E-state index contributed by atoms with van der Waals surface area (Å²) >= 11 is 0. The van der Waals surface area contributed by atoms with Crippen LogP contribution in [0.25, 0.3) is 0 Å². The van der Waals surface area contributed by atoms with Crippen LogP contribution in [0.3, 0.4) is 0 Å². The van der Waals surface area contributed by atoms with Gasteiger partial charge in [0.25, 0.3) is 0 Å². The van der Waals surface area contributed by atoms with E-state index in [2.05, 4.69) is 5.32 Å². The highest BCUT2D eigenvalue weighted by atomic mass is 16.2. The molecule has 1 aliphatic heterocycles. The number of rotatable bonds is 3. The lowest BCUT2D eigenvalue weighted by Gasteiger charge is -2.20. The monoisotopic (exact) mass is 217 g/mol. The number of benzene rings is 1. The average molecular weight is 217 g/mol. The van der Waals surface area contributed by atoms with Crippen molar-refractivity contribution in [2.75, 3.05) is 13.1 Å². The van der Waals surface area contributed by atoms with E-state index in [1.165, 1.54) is 0 Å². The number of hydrogen-bond acceptors (Lipinski definition) is 3. The van der Waals surface area contributed by atoms with Crippen LogP contribution in [-0.4, -0.2) is 24.7 Å². The Balaban J connectivity index is 2.07. The molecule has 1 aromatic carbocycles. The van der Waals surface area contributed by atoms with Crippen molar-refractivity contribution in [2.24, 2.45) is 5.92 Å². The zero-order valence-electron chi connectivity index (χ0n) is 9.11. The largest absolute Gasteiger partial charge is 0.317 e. The summed E-state index contributed by atoms with van der Waals surface area (Å²) in [4.78, 5) is 23.8. The van der Waals surface area contributed by atoms with E-state index < -0.39 is 0 Å². The number of ketones is 2. The maximum atomic E-state index is 11.9. The number of hydrogen-bond donors (Lipinski definition) is 1. The first kappa shape index (κ1) is 11.0. The minimum absolute atomic E-state index is 0.0889. The SMILES string of the molecule is O=C(C(=O)C1CCNCC1)c1ccccc1. The molecule has 1 aliphatic rings. The van der Waals surface area contributed by atoms with Crippen LogP contribution < -0.4 is 5.32 Å². The lowest BCUT2D eigenvalue weighted by Crippen LogP contribution is -2.34. The van der Waals surface area contributed by atoms with Gasteiger partial charge < -0.3 is 5.32 Å². The van der Waals surface area contributed by atoms with Gasteiger partial charge in [-0.1, -0.05) is 30.3 Å². The van der Waals surface area contributed by atoms with E-state index in [-0.39, 0.29) is 17.5 Å². The molecule has 1 aromatic rings. The second-order valence-corrected chi connectivity index (χ2v) is 4.08. The van der Waals surface area contributed by atoms with E-state index in [1.54, 1.807) is 24.3 Å². The molecule has 1 heterocycles. The summed E-state index contributed by atoms with van der Waals surface area (Å²) in [6.07, 6.45) is 1.55. The maximum absolute atomic E-state index is 11.9. The lowest BCUT2D eigenvalue weighted by molar-refractivity contribution is -0.119. The van der Waals surface area contributed by atoms with Gasteiger partial charge in [0.15, 0.2) is 0 Å². The highest BCUT2D eigenvalue weighted by molar-refractivity contribution is 6.44. The third kappa shape index (κ3) is 2.36. The Hall–Kier alpha value is -1.48. The van der Waals surface area contributed by atoms with Crippen molar-refractivity contribution in [3.8, 4) is 0 Å². The van der Waals surface area contributed by atoms with Crippen LogP contribution in [0.1, 0.15) is 23.2 Å². The number of carbonyl (C=O) groups excluding carboxylic acids is 2. The molecule has 0 bridgehead atoms. The minimum Gasteiger partial charge on any atom is -0.317 e. The molecule has 0 aliphatic carbocycles. The van der Waals surface area contributed by atoms with Crippen LogP contribution >= 0.6 is 0 Å². The highest BCUT2D eigenvalue weighted by Gasteiger charge is 2.27. The Morgan fingerprint density at radius 2 is 1.69 bits per heavy atom. The van der Waals surface area contributed by atoms with Gasteiger partial charge in [0.05, 0.1) is 0 Å². The molecule has 0 unspecified atom stereocenters. The van der Waals surface area contributed by atoms with Crippen molar-refractivity contribution in [1.29, 1.82) is 0 Å². The van der Waals surface area contributed by atoms with Crippen LogP contribution in [0, 0.1) is 5.92 Å². The van der Waals surface area contributed by atoms with Crippen LogP contribution in [-0.2, 0) is 4.79 Å². The molecule has 3 heteroatoms. The van der Waals surface area contributed by atoms with Gasteiger partial charge in [-0.05, 0) is 25.9 Å². The summed E-state index contributed by atoms with van der Waals surface area (Å²) in [5.41, 5.74) is 0.506. The summed E-state index contributed by atoms with van der Waals surface area (Å²) in [5, 5.41) is 3.18. The minimum atomic E-state index is -0.340. The van der Waals surface area contributed by atoms with Gasteiger partial charge in [0, 0.05) is 11.5 Å². The zero-order valence-corrected chi connectivity index (χ0v) is 9.11. The number of carbonyl (C=O) groups is 2. The predicted octanol–water partition coefficient (Wildman–Crippen LogP) is 1.44. The van der Waals surface area contributed by atoms with Gasteiger partial charge in [-0.25, -0.2) is 0 Å². The first-order valence-corrected chi connectivity index (χ1v) is 5.63. The molecular formula is C13H15NO2. The van der Waals surface area contributed by atoms with E-state index in [9.17, 15) is 9.59 Å². The van der Waals surface area contributed by atoms with Crippen molar-refractivity contribution < 1.29 is 9.59 Å². The fraction of sp³-hybridized carbons (Fsp3) is 0.385. The van der Waals surface area contributed by atoms with Crippen LogP contribution in [0.4, 0.5) is 0 Å². The maximum Gasteiger partial charge on any atom is 0.228 e. The molecule has 0 aromatic heterocycles. The van der Waals surface area contributed by atoms with Gasteiger partial charge in [-0.15, -0.1) is 0 Å². The van der Waals surface area contributed by atoms with Crippen LogP contribution in [0.15, 0.2) is 30.3 Å². The topological polar surface area (TPSA) is 46.2 Å². The average Bonchev–Trinajstić information content (AvgIpc) is 2.39. The van der Waals surface area contributed by atoms with Crippen LogP contribution in [0.5, 0.6) is 0 Å². The van der Waals surface area contributed by atoms with Crippen LogP contribution in [0.2, 0.25) is 0 Å². The van der Waals surface area contributed by atoms with Crippen molar-refractivity contribution in [3.05, 3.63) is 35.9 Å². The van der Waals surface area contributed by atoms with Crippen molar-refractivity contribution in [3.63, 3.8) is 0 Å². The van der Waals surface area contributed by atoms with Gasteiger partial charge in [-0.2, -0.15) is 0 Å². The molecule has 1 fully saturated rings. The number of nitrogens with one attached hydrogen (secondary N) is 1. The lowest BCUT2D eigenvalue weighted by atomic mass is 9.89. The molecule has 0 amide bonds. The Morgan fingerprint density at radius 1 is 1.06 bits per heavy atom. The molecular weight excluding hydrogens is 202 g/mol. The van der Waals surface area contributed by atoms with Gasteiger partial charge in [0.1, 0.15) is 0 Å². The first-order chi connectivity index (χ1) is 7.79. The molecule has 3 nitrogen and oxygen atoms in total. The second kappa shape index (κ2) is 5.03. The van der Waals surface area contributed by atoms with E-state index in [4.69, 9.17) is 0 Å². The second-order valence-electron chi connectivity index (χ2n) is 4.08. The fourth-order valence-electron chi connectivity index (χ4n) is 2.00. The van der Waals surface area contributed by atoms with E-state index in [0.717, 1.165) is 25.9 Å². The Labute approximate surface area is 94.9 Å². The summed E-state index contributed by atoms with van der Waals surface area (Å²) in [5.74, 6) is -0.658. The van der Waals surface area contributed by atoms with Gasteiger partial charge >= 0.3 is 0 Å². The standard InChI is InChI=1S/C13H15NO2/c15-12(10-4-2-1-3-5-10)13(16)11-6-8-14-9-7-11/h1-5,11,14H,6-9H2. The first-order valence-electron chi connectivity index (χ1n) is 5.63. The summed E-state index contributed by atoms with van der Waals surface area (Å²) in [7, 11) is 0. The molecule has 0 spiro atoms. The summed E-state index contributed by atoms with van der Waals surface area (Å²) in [6.45, 7) is 1.66. The molecule has 0 radical (unpaired) electrons. The quantitative estimate of drug-likeness (QED) is 0.615. The van der Waals surface area contributed by atoms with E-state index >= 15 is 0 Å². The predicted molar refractivity (Wildman–Crippen MR) is 61.4 cm³/mol. The molecule has 16 heavy (non-hydrogen) atoms. The smallest absolute Gasteiger partial charge is 0.228 e. The van der Waals surface area contributed by atoms with Gasteiger partial charge in [-0.3, -0.25) is 9.59 Å². The zero-order chi connectivity index (χ0) is 11.4. The molecule has 1 saturated heterocycles. The third-order valence-electron chi connectivity index (χ3n) is 2.97. The molecule has 0 atom stereocenters. The third-order valence-corrected chi connectivity index (χ3v) is 2.97. The normalized spacial score (nSPS) is 17.0. The van der Waals surface area contributed by atoms with Crippen molar-refractivity contribution in [2.45, 2.75) is 12.8 Å². The number of Topliss-reactive ketones (excluding diaryl/α,β-unsaturated/α-hetero) is 2. The molecule has 1 N–H and O–H groups in total. The Kier molecular flexibility index (Phi) is 3.47. The van der Waals surface area contributed by atoms with E-state index in [0.29, 0.717) is 5.56 Å². The van der Waals surface area contributed by atoms with Crippen molar-refractivity contribution >= 4 is 11.6 Å².